The summed E-state index contributed by atoms with van der Waals surface area (Å²) < 4.78 is 32.7. The summed E-state index contributed by atoms with van der Waals surface area (Å²) in [5.74, 6) is 0.0828. The van der Waals surface area contributed by atoms with Crippen LogP contribution < -0.4 is 4.74 Å². The van der Waals surface area contributed by atoms with Crippen LogP contribution in [-0.2, 0) is 10.0 Å². The van der Waals surface area contributed by atoms with Crippen LogP contribution in [0.15, 0.2) is 21.6 Å². The first kappa shape index (κ1) is 10.0. The zero-order valence-corrected chi connectivity index (χ0v) is 9.62. The maximum atomic E-state index is 11.8. The van der Waals surface area contributed by atoms with Crippen LogP contribution in [0.25, 0.3) is 0 Å². The smallest absolute Gasteiger partial charge is 0.287 e. The molecule has 0 saturated heterocycles. The molecule has 0 amide bonds. The van der Waals surface area contributed by atoms with E-state index in [9.17, 15) is 8.42 Å². The third-order valence-electron chi connectivity index (χ3n) is 2.53. The highest BCUT2D eigenvalue weighted by atomic mass is 35.5. The van der Waals surface area contributed by atoms with E-state index in [-0.39, 0.29) is 15.8 Å². The van der Waals surface area contributed by atoms with Gasteiger partial charge in [0.1, 0.15) is 5.60 Å². The number of fused-ring (bicyclic) bond motifs is 1. The molecule has 7 heteroatoms. The van der Waals surface area contributed by atoms with Gasteiger partial charge in [-0.25, -0.2) is 4.98 Å². The molecule has 1 spiro atoms. The highest BCUT2D eigenvalue weighted by molar-refractivity contribution is 7.90. The maximum absolute atomic E-state index is 11.8. The average Bonchev–Trinajstić information content (AvgIpc) is 2.99. The van der Waals surface area contributed by atoms with Gasteiger partial charge in [0, 0.05) is 6.20 Å². The van der Waals surface area contributed by atoms with Crippen LogP contribution in [0.3, 0.4) is 0 Å². The molecule has 1 aromatic heterocycles. The number of hydrogen-bond acceptors (Lipinski definition) is 4. The number of sulfonamides is 1. The lowest BCUT2D eigenvalue weighted by Crippen LogP contribution is -2.19. The van der Waals surface area contributed by atoms with Crippen molar-refractivity contribution in [3.63, 3.8) is 0 Å². The Morgan fingerprint density at radius 2 is 2.19 bits per heavy atom. The van der Waals surface area contributed by atoms with Gasteiger partial charge in [-0.15, -0.1) is 0 Å². The van der Waals surface area contributed by atoms with Crippen LogP contribution in [0, 0.1) is 0 Å². The molecule has 84 valence electrons. The van der Waals surface area contributed by atoms with E-state index in [1.807, 2.05) is 0 Å². The van der Waals surface area contributed by atoms with Crippen LogP contribution in [0.5, 0.6) is 5.88 Å². The van der Waals surface area contributed by atoms with Gasteiger partial charge >= 0.3 is 0 Å². The molecule has 1 saturated carbocycles. The minimum Gasteiger partial charge on any atom is -0.464 e. The van der Waals surface area contributed by atoms with Crippen molar-refractivity contribution in [2.24, 2.45) is 4.40 Å². The minimum atomic E-state index is -3.73. The second-order valence-corrected chi connectivity index (χ2v) is 5.87. The van der Waals surface area contributed by atoms with E-state index in [0.29, 0.717) is 0 Å². The van der Waals surface area contributed by atoms with Crippen molar-refractivity contribution in [2.45, 2.75) is 23.3 Å². The van der Waals surface area contributed by atoms with Crippen molar-refractivity contribution in [1.29, 1.82) is 0 Å². The molecule has 1 aliphatic heterocycles. The van der Waals surface area contributed by atoms with Crippen molar-refractivity contribution in [3.8, 4) is 5.88 Å². The van der Waals surface area contributed by atoms with Gasteiger partial charge in [-0.1, -0.05) is 11.6 Å². The number of hydrogen-bond donors (Lipinski definition) is 0. The third kappa shape index (κ3) is 1.49. The number of rotatable bonds is 0. The van der Waals surface area contributed by atoms with E-state index in [4.69, 9.17) is 16.3 Å². The third-order valence-corrected chi connectivity index (χ3v) is 3.97. The summed E-state index contributed by atoms with van der Waals surface area (Å²) >= 11 is 5.71. The van der Waals surface area contributed by atoms with Crippen molar-refractivity contribution >= 4 is 27.8 Å². The molecule has 1 aromatic rings. The summed E-state index contributed by atoms with van der Waals surface area (Å²) in [6.45, 7) is 0. The number of nitrogens with zero attached hydrogens (tertiary/aromatic N) is 2. The molecule has 0 unspecified atom stereocenters. The Hall–Kier alpha value is -1.14. The van der Waals surface area contributed by atoms with Gasteiger partial charge in [0.2, 0.25) is 5.88 Å². The first-order valence-electron chi connectivity index (χ1n) is 4.67. The van der Waals surface area contributed by atoms with Crippen molar-refractivity contribution in [2.75, 3.05) is 0 Å². The monoisotopic (exact) mass is 258 g/mol. The first-order valence-corrected chi connectivity index (χ1v) is 6.49. The van der Waals surface area contributed by atoms with Crippen LogP contribution in [0.4, 0.5) is 0 Å². The molecule has 0 atom stereocenters. The van der Waals surface area contributed by atoms with E-state index < -0.39 is 15.6 Å². The fourth-order valence-corrected chi connectivity index (χ4v) is 2.72. The topological polar surface area (TPSA) is 68.6 Å². The molecule has 3 rings (SSSR count). The van der Waals surface area contributed by atoms with Gasteiger partial charge in [0.15, 0.2) is 4.90 Å². The van der Waals surface area contributed by atoms with Gasteiger partial charge in [0.25, 0.3) is 10.0 Å². The summed E-state index contributed by atoms with van der Waals surface area (Å²) in [5.41, 5.74) is -0.570. The zero-order chi connectivity index (χ0) is 11.4. The molecule has 2 aliphatic rings. The predicted octanol–water partition coefficient (Wildman–Crippen LogP) is 1.42. The molecule has 0 bridgehead atoms. The SMILES string of the molecule is O=S1(=O)N=CC2(CC2)Oc2ncc(Cl)cc21. The normalized spacial score (nSPS) is 23.3. The number of ether oxygens (including phenoxy) is 1. The largest absolute Gasteiger partial charge is 0.464 e. The van der Waals surface area contributed by atoms with Gasteiger partial charge in [-0.05, 0) is 18.9 Å². The number of halogens is 1. The molecule has 0 N–H and O–H groups in total. The molecular formula is C9H7ClN2O3S. The molecule has 0 radical (unpaired) electrons. The lowest BCUT2D eigenvalue weighted by Gasteiger charge is -2.10. The summed E-state index contributed by atoms with van der Waals surface area (Å²) in [6, 6.07) is 1.30. The number of aromatic nitrogens is 1. The van der Waals surface area contributed by atoms with E-state index in [2.05, 4.69) is 9.38 Å². The van der Waals surface area contributed by atoms with Gasteiger partial charge in [-0.2, -0.15) is 12.8 Å². The highest BCUT2D eigenvalue weighted by Gasteiger charge is 2.47. The Morgan fingerprint density at radius 3 is 2.88 bits per heavy atom. The molecule has 0 aromatic carbocycles. The van der Waals surface area contributed by atoms with Crippen LogP contribution in [0.1, 0.15) is 12.8 Å². The lowest BCUT2D eigenvalue weighted by molar-refractivity contribution is 0.238. The standard InChI is InChI=1S/C9H7ClN2O3S/c10-6-3-7-8(11-4-6)15-9(1-2-9)5-12-16(7,13)14/h3-5H,1-2H2. The van der Waals surface area contributed by atoms with Crippen molar-refractivity contribution in [1.82, 2.24) is 4.98 Å². The van der Waals surface area contributed by atoms with Crippen molar-refractivity contribution < 1.29 is 13.2 Å². The van der Waals surface area contributed by atoms with Crippen LogP contribution in [-0.4, -0.2) is 25.2 Å². The van der Waals surface area contributed by atoms with Gasteiger partial charge < -0.3 is 4.74 Å². The Kier molecular flexibility index (Phi) is 1.85. The van der Waals surface area contributed by atoms with E-state index in [0.717, 1.165) is 12.8 Å². The molecule has 1 aliphatic carbocycles. The Balaban J connectivity index is 2.25. The molecule has 5 nitrogen and oxygen atoms in total. The molecule has 2 heterocycles. The quantitative estimate of drug-likeness (QED) is 0.706. The summed E-state index contributed by atoms with van der Waals surface area (Å²) in [4.78, 5) is 3.83. The van der Waals surface area contributed by atoms with E-state index in [1.54, 1.807) is 0 Å². The number of pyridine rings is 1. The molecular weight excluding hydrogens is 252 g/mol. The van der Waals surface area contributed by atoms with Gasteiger partial charge in [-0.3, -0.25) is 0 Å². The van der Waals surface area contributed by atoms with Crippen LogP contribution >= 0.6 is 11.6 Å². The summed E-state index contributed by atoms with van der Waals surface area (Å²) in [5, 5.41) is 0.243. The maximum Gasteiger partial charge on any atom is 0.287 e. The first-order chi connectivity index (χ1) is 7.51. The Morgan fingerprint density at radius 1 is 1.44 bits per heavy atom. The fraction of sp³-hybridized carbons (Fsp3) is 0.333. The second kappa shape index (κ2) is 2.95. The zero-order valence-electron chi connectivity index (χ0n) is 8.05. The minimum absolute atomic E-state index is 0.0694. The fourth-order valence-electron chi connectivity index (χ4n) is 1.47. The predicted molar refractivity (Wildman–Crippen MR) is 57.5 cm³/mol. The van der Waals surface area contributed by atoms with Crippen LogP contribution in [0.2, 0.25) is 5.02 Å². The van der Waals surface area contributed by atoms with Crippen molar-refractivity contribution in [3.05, 3.63) is 17.3 Å². The van der Waals surface area contributed by atoms with Gasteiger partial charge in [0.05, 0.1) is 11.2 Å². The second-order valence-electron chi connectivity index (χ2n) is 3.83. The Bertz CT molecular complexity index is 593. The summed E-state index contributed by atoms with van der Waals surface area (Å²) in [6.07, 6.45) is 4.22. The molecule has 16 heavy (non-hydrogen) atoms. The average molecular weight is 259 g/mol. The summed E-state index contributed by atoms with van der Waals surface area (Å²) in [7, 11) is -3.73. The van der Waals surface area contributed by atoms with E-state index >= 15 is 0 Å². The lowest BCUT2D eigenvalue weighted by atomic mass is 10.4. The molecule has 1 fully saturated rings. The van der Waals surface area contributed by atoms with E-state index in [1.165, 1.54) is 18.5 Å². The highest BCUT2D eigenvalue weighted by Crippen LogP contribution is 2.42. The Labute approximate surface area is 97.2 Å².